The lowest BCUT2D eigenvalue weighted by Crippen LogP contribution is -2.35. The molecular weight excluding hydrogens is 418 g/mol. The molecule has 1 aromatic rings. The van der Waals surface area contributed by atoms with Crippen LogP contribution in [0, 0.1) is 11.8 Å². The number of benzene rings is 1. The van der Waals surface area contributed by atoms with Crippen molar-refractivity contribution in [1.29, 1.82) is 0 Å². The van der Waals surface area contributed by atoms with E-state index in [1.807, 2.05) is 0 Å². The summed E-state index contributed by atoms with van der Waals surface area (Å²) in [4.78, 5) is 37.1. The molecule has 0 saturated heterocycles. The molecule has 0 unspecified atom stereocenters. The van der Waals surface area contributed by atoms with E-state index in [-0.39, 0.29) is 25.3 Å². The maximum Gasteiger partial charge on any atom is 0.308 e. The van der Waals surface area contributed by atoms with E-state index in [0.29, 0.717) is 22.8 Å². The van der Waals surface area contributed by atoms with Gasteiger partial charge in [-0.2, -0.15) is 0 Å². The number of carbonyl (C=O) groups excluding carboxylic acids is 3. The topological polar surface area (TPSA) is 109 Å². The quantitative estimate of drug-likeness (QED) is 0.510. The van der Waals surface area contributed by atoms with Crippen molar-refractivity contribution in [2.45, 2.75) is 52.7 Å². The zero-order chi connectivity index (χ0) is 24.5. The third-order valence-electron chi connectivity index (χ3n) is 4.64. The molecule has 0 aliphatic carbocycles. The van der Waals surface area contributed by atoms with Crippen LogP contribution < -0.4 is 19.5 Å². The molecule has 2 atom stereocenters. The molecular formula is C23H35NO8. The Morgan fingerprint density at radius 1 is 0.969 bits per heavy atom. The van der Waals surface area contributed by atoms with Gasteiger partial charge in [0.1, 0.15) is 5.60 Å². The first-order valence-electron chi connectivity index (χ1n) is 10.3. The molecule has 0 aromatic heterocycles. The van der Waals surface area contributed by atoms with Crippen molar-refractivity contribution in [3.63, 3.8) is 0 Å². The normalized spacial score (nSPS) is 12.9. The average Bonchev–Trinajstić information content (AvgIpc) is 2.73. The van der Waals surface area contributed by atoms with E-state index in [9.17, 15) is 14.4 Å². The standard InChI is InChI=1S/C23H35NO8/c1-14(22(27)31-8)9-16(12-19(25)32-23(2,3)4)21(26)24-13-15-10-17(28-5)20(30-7)18(11-15)29-6/h10-11,14,16H,9,12-13H2,1-8H3,(H,24,26)/t14-,16+/m0/s1. The number of methoxy groups -OCH3 is 4. The summed E-state index contributed by atoms with van der Waals surface area (Å²) >= 11 is 0. The first kappa shape index (κ1) is 27.1. The Morgan fingerprint density at radius 2 is 1.53 bits per heavy atom. The zero-order valence-corrected chi connectivity index (χ0v) is 20.2. The molecule has 0 aliphatic heterocycles. The lowest BCUT2D eigenvalue weighted by Gasteiger charge is -2.23. The van der Waals surface area contributed by atoms with E-state index in [1.54, 1.807) is 39.8 Å². The van der Waals surface area contributed by atoms with Gasteiger partial charge in [0.05, 0.1) is 40.8 Å². The average molecular weight is 454 g/mol. The maximum absolute atomic E-state index is 12.9. The Labute approximate surface area is 189 Å². The summed E-state index contributed by atoms with van der Waals surface area (Å²) in [6.07, 6.45) is -0.00725. The minimum Gasteiger partial charge on any atom is -0.493 e. The number of amides is 1. The van der Waals surface area contributed by atoms with Gasteiger partial charge in [0.2, 0.25) is 11.7 Å². The molecule has 1 amide bonds. The minimum absolute atomic E-state index is 0.146. The van der Waals surface area contributed by atoms with Crippen LogP contribution in [0.2, 0.25) is 0 Å². The van der Waals surface area contributed by atoms with Gasteiger partial charge in [-0.3, -0.25) is 14.4 Å². The van der Waals surface area contributed by atoms with Gasteiger partial charge in [0, 0.05) is 12.5 Å². The highest BCUT2D eigenvalue weighted by atomic mass is 16.6. The molecule has 0 radical (unpaired) electrons. The Morgan fingerprint density at radius 3 is 1.97 bits per heavy atom. The fourth-order valence-corrected chi connectivity index (χ4v) is 3.16. The van der Waals surface area contributed by atoms with Crippen molar-refractivity contribution in [2.24, 2.45) is 11.8 Å². The van der Waals surface area contributed by atoms with Crippen LogP contribution in [0.4, 0.5) is 0 Å². The molecule has 180 valence electrons. The molecule has 0 saturated carbocycles. The van der Waals surface area contributed by atoms with E-state index in [2.05, 4.69) is 5.32 Å². The fourth-order valence-electron chi connectivity index (χ4n) is 3.16. The van der Waals surface area contributed by atoms with Crippen LogP contribution in [-0.2, 0) is 30.4 Å². The lowest BCUT2D eigenvalue weighted by molar-refractivity contribution is -0.158. The highest BCUT2D eigenvalue weighted by Gasteiger charge is 2.29. The van der Waals surface area contributed by atoms with Crippen LogP contribution >= 0.6 is 0 Å². The highest BCUT2D eigenvalue weighted by molar-refractivity contribution is 5.84. The number of esters is 2. The number of nitrogens with one attached hydrogen (secondary N) is 1. The summed E-state index contributed by atoms with van der Waals surface area (Å²) in [7, 11) is 5.80. The van der Waals surface area contributed by atoms with Crippen molar-refractivity contribution in [3.05, 3.63) is 17.7 Å². The number of carbonyl (C=O) groups is 3. The molecule has 0 aliphatic rings. The van der Waals surface area contributed by atoms with Crippen LogP contribution in [-0.4, -0.2) is 51.9 Å². The molecule has 1 aromatic carbocycles. The second-order valence-electron chi connectivity index (χ2n) is 8.40. The second kappa shape index (κ2) is 12.2. The largest absolute Gasteiger partial charge is 0.493 e. The van der Waals surface area contributed by atoms with Gasteiger partial charge in [-0.15, -0.1) is 0 Å². The van der Waals surface area contributed by atoms with Crippen molar-refractivity contribution >= 4 is 17.8 Å². The Bertz CT molecular complexity index is 775. The highest BCUT2D eigenvalue weighted by Crippen LogP contribution is 2.38. The molecule has 0 fully saturated rings. The molecule has 1 N–H and O–H groups in total. The first-order valence-corrected chi connectivity index (χ1v) is 10.3. The Hall–Kier alpha value is -2.97. The van der Waals surface area contributed by atoms with Crippen LogP contribution in [0.25, 0.3) is 0 Å². The minimum atomic E-state index is -0.763. The van der Waals surface area contributed by atoms with Gasteiger partial charge in [0.15, 0.2) is 11.5 Å². The van der Waals surface area contributed by atoms with Gasteiger partial charge in [0.25, 0.3) is 0 Å². The number of hydrogen-bond donors (Lipinski definition) is 1. The molecule has 1 rings (SSSR count). The second-order valence-corrected chi connectivity index (χ2v) is 8.40. The summed E-state index contributed by atoms with van der Waals surface area (Å²) in [6.45, 7) is 7.07. The van der Waals surface area contributed by atoms with Gasteiger partial charge < -0.3 is 29.0 Å². The van der Waals surface area contributed by atoms with Gasteiger partial charge in [-0.1, -0.05) is 6.92 Å². The molecule has 0 heterocycles. The fraction of sp³-hybridized carbons (Fsp3) is 0.609. The summed E-state index contributed by atoms with van der Waals surface area (Å²) in [5.74, 6) is -1.29. The van der Waals surface area contributed by atoms with E-state index >= 15 is 0 Å². The molecule has 0 bridgehead atoms. The van der Waals surface area contributed by atoms with E-state index < -0.39 is 29.4 Å². The molecule has 9 nitrogen and oxygen atoms in total. The molecule has 32 heavy (non-hydrogen) atoms. The summed E-state index contributed by atoms with van der Waals surface area (Å²) < 4.78 is 26.1. The Kier molecular flexibility index (Phi) is 10.3. The SMILES string of the molecule is COC(=O)[C@@H](C)C[C@H](CC(=O)OC(C)(C)C)C(=O)NCc1cc(OC)c(OC)c(OC)c1. The Balaban J connectivity index is 2.99. The van der Waals surface area contributed by atoms with Crippen LogP contribution in [0.1, 0.15) is 46.1 Å². The van der Waals surface area contributed by atoms with E-state index in [1.165, 1.54) is 28.4 Å². The van der Waals surface area contributed by atoms with Crippen LogP contribution in [0.15, 0.2) is 12.1 Å². The predicted octanol–water partition coefficient (Wildman–Crippen LogP) is 2.88. The third-order valence-corrected chi connectivity index (χ3v) is 4.64. The van der Waals surface area contributed by atoms with Gasteiger partial charge >= 0.3 is 11.9 Å². The van der Waals surface area contributed by atoms with Crippen LogP contribution in [0.3, 0.4) is 0 Å². The summed E-state index contributed by atoms with van der Waals surface area (Å²) in [6, 6.07) is 3.45. The number of ether oxygens (including phenoxy) is 5. The maximum atomic E-state index is 12.9. The van der Waals surface area contributed by atoms with Crippen molar-refractivity contribution in [3.8, 4) is 17.2 Å². The van der Waals surface area contributed by atoms with E-state index in [0.717, 1.165) is 0 Å². The van der Waals surface area contributed by atoms with Crippen LogP contribution in [0.5, 0.6) is 17.2 Å². The molecule has 0 spiro atoms. The van der Waals surface area contributed by atoms with Crippen molar-refractivity contribution in [2.75, 3.05) is 28.4 Å². The van der Waals surface area contributed by atoms with Crippen molar-refractivity contribution in [1.82, 2.24) is 5.32 Å². The third kappa shape index (κ3) is 8.28. The van der Waals surface area contributed by atoms with Gasteiger partial charge in [-0.25, -0.2) is 0 Å². The predicted molar refractivity (Wildman–Crippen MR) is 118 cm³/mol. The summed E-state index contributed by atoms with van der Waals surface area (Å²) in [5.41, 5.74) is 0.0346. The monoisotopic (exact) mass is 453 g/mol. The van der Waals surface area contributed by atoms with Crippen molar-refractivity contribution < 1.29 is 38.1 Å². The smallest absolute Gasteiger partial charge is 0.308 e. The lowest BCUT2D eigenvalue weighted by atomic mass is 9.92. The number of rotatable bonds is 11. The first-order chi connectivity index (χ1) is 14.9. The zero-order valence-electron chi connectivity index (χ0n) is 20.2. The molecule has 9 heteroatoms. The number of hydrogen-bond acceptors (Lipinski definition) is 8. The van der Waals surface area contributed by atoms with E-state index in [4.69, 9.17) is 23.7 Å². The van der Waals surface area contributed by atoms with Gasteiger partial charge in [-0.05, 0) is 44.9 Å². The summed E-state index contributed by atoms with van der Waals surface area (Å²) in [5, 5.41) is 2.82.